The van der Waals surface area contributed by atoms with Crippen LogP contribution in [-0.4, -0.2) is 38.0 Å². The molecule has 0 spiro atoms. The van der Waals surface area contributed by atoms with Crippen molar-refractivity contribution in [2.24, 2.45) is 0 Å². The van der Waals surface area contributed by atoms with Gasteiger partial charge in [-0.05, 0) is 5.56 Å². The van der Waals surface area contributed by atoms with E-state index in [1.807, 2.05) is 18.2 Å². The van der Waals surface area contributed by atoms with E-state index < -0.39 is 0 Å². The Balaban J connectivity index is 0.00000256. The van der Waals surface area contributed by atoms with Crippen molar-refractivity contribution in [3.63, 3.8) is 0 Å². The van der Waals surface area contributed by atoms with Crippen LogP contribution in [0.15, 0.2) is 36.4 Å². The number of hydrogen-bond acceptors (Lipinski definition) is 3. The maximum Gasteiger partial charge on any atom is 0.0698 e. The summed E-state index contributed by atoms with van der Waals surface area (Å²) < 4.78 is 5.11. The molecule has 17 heavy (non-hydrogen) atoms. The number of aliphatic hydroxyl groups is 1. The normalized spacial score (nSPS) is 10.4. The molecule has 1 aromatic carbocycles. The van der Waals surface area contributed by atoms with Crippen LogP contribution < -0.4 is 5.32 Å². The van der Waals surface area contributed by atoms with E-state index in [-0.39, 0.29) is 19.0 Å². The SMILES string of the molecule is Cl.OCCOCCNC/C=C/c1ccccc1. The lowest BCUT2D eigenvalue weighted by Gasteiger charge is -2.02. The molecule has 3 nitrogen and oxygen atoms in total. The van der Waals surface area contributed by atoms with Crippen molar-refractivity contribution >= 4 is 18.5 Å². The van der Waals surface area contributed by atoms with Crippen molar-refractivity contribution in [3.05, 3.63) is 42.0 Å². The molecule has 0 aliphatic rings. The minimum atomic E-state index is 0. The monoisotopic (exact) mass is 257 g/mol. The highest BCUT2D eigenvalue weighted by Crippen LogP contribution is 1.99. The molecule has 96 valence electrons. The molecule has 0 saturated heterocycles. The van der Waals surface area contributed by atoms with Gasteiger partial charge in [-0.15, -0.1) is 12.4 Å². The molecule has 4 heteroatoms. The molecule has 0 unspecified atom stereocenters. The number of ether oxygens (including phenoxy) is 1. The van der Waals surface area contributed by atoms with Crippen LogP contribution in [0.4, 0.5) is 0 Å². The van der Waals surface area contributed by atoms with Crippen LogP contribution in [0.1, 0.15) is 5.56 Å². The van der Waals surface area contributed by atoms with E-state index in [1.54, 1.807) is 0 Å². The van der Waals surface area contributed by atoms with Crippen molar-refractivity contribution in [1.82, 2.24) is 5.32 Å². The van der Waals surface area contributed by atoms with Crippen LogP contribution in [-0.2, 0) is 4.74 Å². The second kappa shape index (κ2) is 11.6. The van der Waals surface area contributed by atoms with Gasteiger partial charge >= 0.3 is 0 Å². The fourth-order valence-electron chi connectivity index (χ4n) is 1.26. The van der Waals surface area contributed by atoms with Crippen LogP contribution in [0.5, 0.6) is 0 Å². The summed E-state index contributed by atoms with van der Waals surface area (Å²) in [5.41, 5.74) is 1.21. The summed E-state index contributed by atoms with van der Waals surface area (Å²) in [7, 11) is 0. The van der Waals surface area contributed by atoms with Crippen LogP contribution >= 0.6 is 12.4 Å². The average Bonchev–Trinajstić information content (AvgIpc) is 2.34. The first-order valence-corrected chi connectivity index (χ1v) is 5.54. The van der Waals surface area contributed by atoms with Crippen LogP contribution in [0.2, 0.25) is 0 Å². The maximum atomic E-state index is 8.48. The zero-order chi connectivity index (χ0) is 11.5. The van der Waals surface area contributed by atoms with Gasteiger partial charge in [-0.1, -0.05) is 42.5 Å². The third-order valence-electron chi connectivity index (χ3n) is 2.03. The molecule has 1 aromatic rings. The van der Waals surface area contributed by atoms with Crippen molar-refractivity contribution in [3.8, 4) is 0 Å². The Morgan fingerprint density at radius 1 is 1.18 bits per heavy atom. The van der Waals surface area contributed by atoms with E-state index in [4.69, 9.17) is 9.84 Å². The van der Waals surface area contributed by atoms with Crippen LogP contribution in [0, 0.1) is 0 Å². The third kappa shape index (κ3) is 8.89. The van der Waals surface area contributed by atoms with Crippen molar-refractivity contribution < 1.29 is 9.84 Å². The van der Waals surface area contributed by atoms with E-state index >= 15 is 0 Å². The molecule has 0 radical (unpaired) electrons. The largest absolute Gasteiger partial charge is 0.394 e. The Hall–Kier alpha value is -0.870. The highest BCUT2D eigenvalue weighted by molar-refractivity contribution is 5.85. The van der Waals surface area contributed by atoms with E-state index in [0.717, 1.165) is 13.1 Å². The molecular weight excluding hydrogens is 238 g/mol. The smallest absolute Gasteiger partial charge is 0.0698 e. The fourth-order valence-corrected chi connectivity index (χ4v) is 1.26. The zero-order valence-electron chi connectivity index (χ0n) is 9.84. The maximum absolute atomic E-state index is 8.48. The van der Waals surface area contributed by atoms with Gasteiger partial charge in [-0.2, -0.15) is 0 Å². The van der Waals surface area contributed by atoms with Gasteiger partial charge in [0.05, 0.1) is 19.8 Å². The van der Waals surface area contributed by atoms with Crippen molar-refractivity contribution in [2.75, 3.05) is 32.9 Å². The predicted molar refractivity (Wildman–Crippen MR) is 73.5 cm³/mol. The molecular formula is C13H20ClNO2. The molecule has 1 rings (SSSR count). The van der Waals surface area contributed by atoms with Gasteiger partial charge in [0.15, 0.2) is 0 Å². The summed E-state index contributed by atoms with van der Waals surface area (Å²) in [4.78, 5) is 0. The Morgan fingerprint density at radius 2 is 1.94 bits per heavy atom. The Kier molecular flexibility index (Phi) is 11.0. The van der Waals surface area contributed by atoms with Crippen LogP contribution in [0.25, 0.3) is 6.08 Å². The van der Waals surface area contributed by atoms with Gasteiger partial charge in [0, 0.05) is 13.1 Å². The van der Waals surface area contributed by atoms with Gasteiger partial charge in [0.2, 0.25) is 0 Å². The number of nitrogens with one attached hydrogen (secondary N) is 1. The molecule has 0 bridgehead atoms. The summed E-state index contributed by atoms with van der Waals surface area (Å²) in [6.45, 7) is 2.78. The second-order valence-electron chi connectivity index (χ2n) is 3.35. The topological polar surface area (TPSA) is 41.5 Å². The lowest BCUT2D eigenvalue weighted by molar-refractivity contribution is 0.0943. The fraction of sp³-hybridized carbons (Fsp3) is 0.385. The molecule has 0 heterocycles. The minimum absolute atomic E-state index is 0. The summed E-state index contributed by atoms with van der Waals surface area (Å²) in [6, 6.07) is 10.2. The van der Waals surface area contributed by atoms with Gasteiger partial charge in [0.25, 0.3) is 0 Å². The third-order valence-corrected chi connectivity index (χ3v) is 2.03. The van der Waals surface area contributed by atoms with E-state index in [2.05, 4.69) is 29.6 Å². The Bertz CT molecular complexity index is 291. The predicted octanol–water partition coefficient (Wildman–Crippen LogP) is 1.72. The first-order chi connectivity index (χ1) is 7.93. The average molecular weight is 258 g/mol. The second-order valence-corrected chi connectivity index (χ2v) is 3.35. The number of hydrogen-bond donors (Lipinski definition) is 2. The van der Waals surface area contributed by atoms with Crippen molar-refractivity contribution in [2.45, 2.75) is 0 Å². The Morgan fingerprint density at radius 3 is 2.65 bits per heavy atom. The zero-order valence-corrected chi connectivity index (χ0v) is 10.7. The number of benzene rings is 1. The summed E-state index contributed by atoms with van der Waals surface area (Å²) in [5, 5.41) is 11.7. The summed E-state index contributed by atoms with van der Waals surface area (Å²) in [5.74, 6) is 0. The van der Waals surface area contributed by atoms with E-state index in [1.165, 1.54) is 5.56 Å². The number of halogens is 1. The van der Waals surface area contributed by atoms with Crippen LogP contribution in [0.3, 0.4) is 0 Å². The molecule has 0 fully saturated rings. The quantitative estimate of drug-likeness (QED) is 0.697. The summed E-state index contributed by atoms with van der Waals surface area (Å²) >= 11 is 0. The molecule has 0 saturated carbocycles. The van der Waals surface area contributed by atoms with E-state index in [9.17, 15) is 0 Å². The molecule has 2 N–H and O–H groups in total. The molecule has 0 aromatic heterocycles. The molecule has 0 atom stereocenters. The van der Waals surface area contributed by atoms with E-state index in [0.29, 0.717) is 13.2 Å². The number of rotatable bonds is 8. The first-order valence-electron chi connectivity index (χ1n) is 5.54. The molecule has 0 aliphatic carbocycles. The highest BCUT2D eigenvalue weighted by Gasteiger charge is 1.86. The van der Waals surface area contributed by atoms with Crippen molar-refractivity contribution in [1.29, 1.82) is 0 Å². The lowest BCUT2D eigenvalue weighted by atomic mass is 10.2. The number of aliphatic hydroxyl groups excluding tert-OH is 1. The van der Waals surface area contributed by atoms with Gasteiger partial charge in [-0.3, -0.25) is 0 Å². The standard InChI is InChI=1S/C13H19NO2.ClH/c15-10-12-16-11-9-14-8-4-7-13-5-2-1-3-6-13;/h1-7,14-15H,8-12H2;1H/b7-4+;. The van der Waals surface area contributed by atoms with Gasteiger partial charge in [0.1, 0.15) is 0 Å². The highest BCUT2D eigenvalue weighted by atomic mass is 35.5. The van der Waals surface area contributed by atoms with Gasteiger partial charge < -0.3 is 15.2 Å². The summed E-state index contributed by atoms with van der Waals surface area (Å²) in [6.07, 6.45) is 4.17. The Labute approximate surface area is 109 Å². The molecule has 0 amide bonds. The molecule has 0 aliphatic heterocycles. The lowest BCUT2D eigenvalue weighted by Crippen LogP contribution is -2.20. The minimum Gasteiger partial charge on any atom is -0.394 e. The first kappa shape index (κ1) is 16.1. The van der Waals surface area contributed by atoms with Gasteiger partial charge in [-0.25, -0.2) is 0 Å².